The van der Waals surface area contributed by atoms with E-state index in [1.165, 1.54) is 0 Å². The van der Waals surface area contributed by atoms with E-state index in [1.54, 1.807) is 25.1 Å². The molecule has 1 aliphatic heterocycles. The van der Waals surface area contributed by atoms with E-state index in [2.05, 4.69) is 6.92 Å². The van der Waals surface area contributed by atoms with Gasteiger partial charge in [-0.3, -0.25) is 14.4 Å². The topological polar surface area (TPSA) is 78.9 Å². The van der Waals surface area contributed by atoms with Gasteiger partial charge in [0.25, 0.3) is 0 Å². The summed E-state index contributed by atoms with van der Waals surface area (Å²) in [6, 6.07) is 5.20. The Kier molecular flexibility index (Phi) is 5.30. The van der Waals surface area contributed by atoms with Crippen LogP contribution in [0.1, 0.15) is 57.4 Å². The van der Waals surface area contributed by atoms with Crippen molar-refractivity contribution in [1.29, 1.82) is 0 Å². The molecule has 0 unspecified atom stereocenters. The van der Waals surface area contributed by atoms with Gasteiger partial charge in [-0.2, -0.15) is 0 Å². The van der Waals surface area contributed by atoms with Gasteiger partial charge in [0.1, 0.15) is 17.3 Å². The number of ether oxygens (including phenoxy) is 3. The molecule has 1 aromatic carbocycles. The molecule has 1 saturated carbocycles. The van der Waals surface area contributed by atoms with Crippen LogP contribution in [0.25, 0.3) is 0 Å². The highest BCUT2D eigenvalue weighted by molar-refractivity contribution is 6.05. The summed E-state index contributed by atoms with van der Waals surface area (Å²) in [6.07, 6.45) is 2.37. The van der Waals surface area contributed by atoms with Gasteiger partial charge < -0.3 is 14.2 Å². The molecule has 0 spiro atoms. The smallest absolute Gasteiger partial charge is 0.329 e. The van der Waals surface area contributed by atoms with Crippen LogP contribution in [-0.2, 0) is 19.1 Å². The molecule has 0 saturated heterocycles. The number of benzene rings is 1. The van der Waals surface area contributed by atoms with Crippen molar-refractivity contribution in [2.24, 2.45) is 5.41 Å². The van der Waals surface area contributed by atoms with E-state index in [-0.39, 0.29) is 31.7 Å². The normalized spacial score (nSPS) is 24.3. The maximum Gasteiger partial charge on any atom is 0.329 e. The molecule has 140 valence electrons. The molecule has 1 fully saturated rings. The summed E-state index contributed by atoms with van der Waals surface area (Å²) in [5.74, 6) is -0.740. The molecule has 0 bridgehead atoms. The lowest BCUT2D eigenvalue weighted by Crippen LogP contribution is -2.53. The number of unbranched alkanes of at least 4 members (excludes halogenated alkanes) is 1. The second-order valence-electron chi connectivity index (χ2n) is 6.78. The molecule has 2 atom stereocenters. The number of carbonyl (C=O) groups is 3. The van der Waals surface area contributed by atoms with Crippen LogP contribution in [0, 0.1) is 5.41 Å². The second-order valence-corrected chi connectivity index (χ2v) is 6.78. The number of carbonyl (C=O) groups excluding carboxylic acids is 3. The van der Waals surface area contributed by atoms with E-state index in [0.29, 0.717) is 23.7 Å². The predicted octanol–water partition coefficient (Wildman–Crippen LogP) is 3.17. The lowest BCUT2D eigenvalue weighted by molar-refractivity contribution is -0.173. The summed E-state index contributed by atoms with van der Waals surface area (Å²) in [5, 5.41) is 0. The van der Waals surface area contributed by atoms with Crippen molar-refractivity contribution in [1.82, 2.24) is 0 Å². The van der Waals surface area contributed by atoms with Gasteiger partial charge in [0.15, 0.2) is 5.41 Å². The average molecular weight is 360 g/mol. The van der Waals surface area contributed by atoms with Gasteiger partial charge in [0.05, 0.1) is 13.2 Å². The highest BCUT2D eigenvalue weighted by atomic mass is 16.6. The minimum atomic E-state index is -1.45. The van der Waals surface area contributed by atoms with Crippen molar-refractivity contribution >= 4 is 17.7 Å². The minimum Gasteiger partial charge on any atom is -0.494 e. The summed E-state index contributed by atoms with van der Waals surface area (Å²) in [7, 11) is 0. The molecule has 1 heterocycles. The highest BCUT2D eigenvalue weighted by Crippen LogP contribution is 2.54. The van der Waals surface area contributed by atoms with Crippen molar-refractivity contribution in [2.75, 3.05) is 13.2 Å². The van der Waals surface area contributed by atoms with Crippen LogP contribution >= 0.6 is 0 Å². The minimum absolute atomic E-state index is 0.0351. The van der Waals surface area contributed by atoms with Crippen LogP contribution in [-0.4, -0.2) is 30.9 Å². The van der Waals surface area contributed by atoms with E-state index >= 15 is 0 Å². The molecule has 2 aliphatic rings. The van der Waals surface area contributed by atoms with Crippen LogP contribution in [0.15, 0.2) is 18.2 Å². The molecule has 0 aromatic heterocycles. The standard InChI is InChI=1S/C20H24O6/c1-3-5-10-25-14-6-7-17-15(12-14)16-11-13(21)8-9-20(16,19(23)26-17)18(22)24-4-2/h6-7,12,16H,3-5,8-11H2,1-2H3/t16-,20-/m1/s1. The van der Waals surface area contributed by atoms with Crippen molar-refractivity contribution in [3.8, 4) is 11.5 Å². The number of esters is 2. The van der Waals surface area contributed by atoms with Crippen LogP contribution in [0.5, 0.6) is 11.5 Å². The van der Waals surface area contributed by atoms with Gasteiger partial charge in [-0.15, -0.1) is 0 Å². The van der Waals surface area contributed by atoms with Crippen molar-refractivity contribution in [3.05, 3.63) is 23.8 Å². The molecule has 0 amide bonds. The van der Waals surface area contributed by atoms with Gasteiger partial charge in [-0.25, -0.2) is 0 Å². The van der Waals surface area contributed by atoms with E-state index in [0.717, 1.165) is 12.8 Å². The predicted molar refractivity (Wildman–Crippen MR) is 93.1 cm³/mol. The molecule has 6 heteroatoms. The average Bonchev–Trinajstić information content (AvgIpc) is 2.62. The first-order valence-corrected chi connectivity index (χ1v) is 9.20. The van der Waals surface area contributed by atoms with Crippen molar-refractivity contribution in [3.63, 3.8) is 0 Å². The lowest BCUT2D eigenvalue weighted by Gasteiger charge is -2.42. The zero-order valence-electron chi connectivity index (χ0n) is 15.2. The van der Waals surface area contributed by atoms with Gasteiger partial charge >= 0.3 is 11.9 Å². The Morgan fingerprint density at radius 2 is 2.12 bits per heavy atom. The van der Waals surface area contributed by atoms with E-state index < -0.39 is 23.3 Å². The Balaban J connectivity index is 2.01. The molecular formula is C20H24O6. The van der Waals surface area contributed by atoms with E-state index in [1.807, 2.05) is 0 Å². The van der Waals surface area contributed by atoms with Crippen molar-refractivity contribution < 1.29 is 28.6 Å². The lowest BCUT2D eigenvalue weighted by atomic mass is 9.62. The summed E-state index contributed by atoms with van der Waals surface area (Å²) in [5.41, 5.74) is -0.779. The Morgan fingerprint density at radius 3 is 2.85 bits per heavy atom. The quantitative estimate of drug-likeness (QED) is 0.336. The number of fused-ring (bicyclic) bond motifs is 3. The third-order valence-electron chi connectivity index (χ3n) is 5.15. The molecule has 0 N–H and O–H groups in total. The Bertz CT molecular complexity index is 725. The number of Topliss-reactive ketones (excluding diaryl/α,β-unsaturated/α-hetero) is 1. The molecule has 0 radical (unpaired) electrons. The molecule has 6 nitrogen and oxygen atoms in total. The Morgan fingerprint density at radius 1 is 1.31 bits per heavy atom. The number of ketones is 1. The first-order chi connectivity index (χ1) is 12.5. The fourth-order valence-electron chi connectivity index (χ4n) is 3.73. The maximum absolute atomic E-state index is 12.8. The van der Waals surface area contributed by atoms with Crippen molar-refractivity contribution in [2.45, 2.75) is 51.9 Å². The van der Waals surface area contributed by atoms with Crippen LogP contribution in [0.4, 0.5) is 0 Å². The summed E-state index contributed by atoms with van der Waals surface area (Å²) < 4.78 is 16.4. The van der Waals surface area contributed by atoms with E-state index in [4.69, 9.17) is 14.2 Å². The number of hydrogen-bond acceptors (Lipinski definition) is 6. The van der Waals surface area contributed by atoms with Crippen LogP contribution in [0.2, 0.25) is 0 Å². The van der Waals surface area contributed by atoms with Gasteiger partial charge in [0.2, 0.25) is 0 Å². The molecule has 3 rings (SSSR count). The zero-order chi connectivity index (χ0) is 18.7. The largest absolute Gasteiger partial charge is 0.494 e. The Hall–Kier alpha value is -2.37. The molecule has 1 aromatic rings. The second kappa shape index (κ2) is 7.48. The SMILES string of the molecule is CCCCOc1ccc2c(c1)[C@H]1CC(=O)CC[C@@]1(C(=O)OCC)C(=O)O2. The first kappa shape index (κ1) is 18.4. The maximum atomic E-state index is 12.8. The van der Waals surface area contributed by atoms with Crippen LogP contribution in [0.3, 0.4) is 0 Å². The summed E-state index contributed by atoms with van der Waals surface area (Å²) >= 11 is 0. The Labute approximate surface area is 152 Å². The number of hydrogen-bond donors (Lipinski definition) is 0. The van der Waals surface area contributed by atoms with Gasteiger partial charge in [0, 0.05) is 24.3 Å². The first-order valence-electron chi connectivity index (χ1n) is 9.20. The summed E-state index contributed by atoms with van der Waals surface area (Å²) in [6.45, 7) is 4.53. The highest BCUT2D eigenvalue weighted by Gasteiger charge is 2.60. The van der Waals surface area contributed by atoms with Crippen LogP contribution < -0.4 is 9.47 Å². The third-order valence-corrected chi connectivity index (χ3v) is 5.15. The monoisotopic (exact) mass is 360 g/mol. The fraction of sp³-hybridized carbons (Fsp3) is 0.550. The zero-order valence-corrected chi connectivity index (χ0v) is 15.2. The molecule has 1 aliphatic carbocycles. The van der Waals surface area contributed by atoms with Gasteiger partial charge in [-0.1, -0.05) is 13.3 Å². The fourth-order valence-corrected chi connectivity index (χ4v) is 3.73. The molecular weight excluding hydrogens is 336 g/mol. The van der Waals surface area contributed by atoms with Gasteiger partial charge in [-0.05, 0) is 38.0 Å². The summed E-state index contributed by atoms with van der Waals surface area (Å²) in [4.78, 5) is 37.6. The van der Waals surface area contributed by atoms with E-state index in [9.17, 15) is 14.4 Å². The number of rotatable bonds is 6. The third kappa shape index (κ3) is 3.08. The molecule has 26 heavy (non-hydrogen) atoms.